The molecule has 0 bridgehead atoms. The summed E-state index contributed by atoms with van der Waals surface area (Å²) >= 11 is 0. The van der Waals surface area contributed by atoms with Gasteiger partial charge in [0, 0.05) is 18.5 Å². The zero-order valence-corrected chi connectivity index (χ0v) is 14.5. The molecule has 1 N–H and O–H groups in total. The van der Waals surface area contributed by atoms with Crippen LogP contribution in [0.15, 0.2) is 24.3 Å². The third-order valence-electron chi connectivity index (χ3n) is 3.14. The highest BCUT2D eigenvalue weighted by Gasteiger charge is 2.15. The zero-order valence-electron chi connectivity index (χ0n) is 14.5. The van der Waals surface area contributed by atoms with Gasteiger partial charge in [0.25, 0.3) is 0 Å². The van der Waals surface area contributed by atoms with Crippen molar-refractivity contribution in [1.29, 1.82) is 0 Å². The second-order valence-electron chi connectivity index (χ2n) is 6.39. The van der Waals surface area contributed by atoms with Crippen molar-refractivity contribution < 1.29 is 19.1 Å². The number of rotatable bonds is 8. The summed E-state index contributed by atoms with van der Waals surface area (Å²) < 4.78 is 10.3. The summed E-state index contributed by atoms with van der Waals surface area (Å²) in [5.74, 6) is 0.807. The second kappa shape index (κ2) is 9.18. The van der Waals surface area contributed by atoms with Crippen molar-refractivity contribution in [3.8, 4) is 5.75 Å². The molecule has 1 amide bonds. The van der Waals surface area contributed by atoms with E-state index in [-0.39, 0.29) is 5.78 Å². The predicted molar refractivity (Wildman–Crippen MR) is 90.0 cm³/mol. The number of carbonyl (C=O) groups is 2. The van der Waals surface area contributed by atoms with Crippen LogP contribution in [-0.4, -0.2) is 31.1 Å². The molecule has 0 heterocycles. The second-order valence-corrected chi connectivity index (χ2v) is 6.39. The normalized spacial score (nSPS) is 11.0. The monoisotopic (exact) mass is 321 g/mol. The lowest BCUT2D eigenvalue weighted by Crippen LogP contribution is -2.32. The van der Waals surface area contributed by atoms with Crippen LogP contribution in [0.5, 0.6) is 5.75 Å². The van der Waals surface area contributed by atoms with Gasteiger partial charge in [0.2, 0.25) is 0 Å². The number of hydrogen-bond acceptors (Lipinski definition) is 4. The largest absolute Gasteiger partial charge is 0.497 e. The average Bonchev–Trinajstić information content (AvgIpc) is 2.48. The highest BCUT2D eigenvalue weighted by atomic mass is 16.6. The van der Waals surface area contributed by atoms with E-state index >= 15 is 0 Å². The van der Waals surface area contributed by atoms with Crippen LogP contribution in [0, 0.1) is 0 Å². The van der Waals surface area contributed by atoms with Gasteiger partial charge < -0.3 is 14.8 Å². The van der Waals surface area contributed by atoms with E-state index in [1.54, 1.807) is 19.2 Å². The first-order valence-electron chi connectivity index (χ1n) is 7.96. The Hall–Kier alpha value is -2.04. The number of unbranched alkanes of at least 4 members (excludes halogenated alkanes) is 2. The number of methoxy groups -OCH3 is 1. The molecule has 0 spiro atoms. The van der Waals surface area contributed by atoms with Crippen LogP contribution >= 0.6 is 0 Å². The lowest BCUT2D eigenvalue weighted by molar-refractivity contribution is 0.0526. The smallest absolute Gasteiger partial charge is 0.407 e. The molecule has 0 radical (unpaired) electrons. The van der Waals surface area contributed by atoms with E-state index < -0.39 is 11.7 Å². The highest BCUT2D eigenvalue weighted by Crippen LogP contribution is 2.15. The van der Waals surface area contributed by atoms with Gasteiger partial charge in [-0.3, -0.25) is 4.79 Å². The molecule has 0 aliphatic carbocycles. The van der Waals surface area contributed by atoms with Crippen molar-refractivity contribution >= 4 is 11.9 Å². The van der Waals surface area contributed by atoms with Gasteiger partial charge in [0.05, 0.1) is 7.11 Å². The molecule has 0 saturated heterocycles. The minimum atomic E-state index is -0.479. The van der Waals surface area contributed by atoms with Crippen molar-refractivity contribution in [1.82, 2.24) is 5.32 Å². The molecular formula is C18H27NO4. The van der Waals surface area contributed by atoms with Crippen LogP contribution in [-0.2, 0) is 4.74 Å². The number of alkyl carbamates (subject to hydrolysis) is 1. The van der Waals surface area contributed by atoms with Crippen LogP contribution in [0.25, 0.3) is 0 Å². The van der Waals surface area contributed by atoms with Crippen LogP contribution in [0.4, 0.5) is 4.79 Å². The Morgan fingerprint density at radius 3 is 2.52 bits per heavy atom. The summed E-state index contributed by atoms with van der Waals surface area (Å²) in [6.45, 7) is 6.05. The molecule has 128 valence electrons. The minimum absolute atomic E-state index is 0.115. The standard InChI is InChI=1S/C18H27NO4/c1-18(2,3)23-17(21)19-12-7-5-6-11-16(20)14-9-8-10-15(13-14)22-4/h8-10,13H,5-7,11-12H2,1-4H3,(H,19,21). The fourth-order valence-electron chi connectivity index (χ4n) is 2.03. The van der Waals surface area contributed by atoms with E-state index in [1.807, 2.05) is 32.9 Å². The first-order chi connectivity index (χ1) is 10.8. The Morgan fingerprint density at radius 1 is 1.13 bits per heavy atom. The molecule has 0 unspecified atom stereocenters. The molecule has 1 rings (SSSR count). The van der Waals surface area contributed by atoms with E-state index in [0.717, 1.165) is 19.3 Å². The molecule has 0 saturated carbocycles. The van der Waals surface area contributed by atoms with Crippen molar-refractivity contribution in [2.45, 2.75) is 52.1 Å². The topological polar surface area (TPSA) is 64.6 Å². The third kappa shape index (κ3) is 8.24. The first kappa shape index (κ1) is 19.0. The van der Waals surface area contributed by atoms with Gasteiger partial charge in [-0.1, -0.05) is 18.6 Å². The molecule has 0 aromatic heterocycles. The maximum atomic E-state index is 12.1. The van der Waals surface area contributed by atoms with Crippen molar-refractivity contribution in [3.63, 3.8) is 0 Å². The van der Waals surface area contributed by atoms with Crippen LogP contribution in [0.2, 0.25) is 0 Å². The number of benzene rings is 1. The van der Waals surface area contributed by atoms with Crippen LogP contribution in [0.1, 0.15) is 56.8 Å². The Morgan fingerprint density at radius 2 is 1.87 bits per heavy atom. The fourth-order valence-corrected chi connectivity index (χ4v) is 2.03. The molecule has 0 aliphatic heterocycles. The molecule has 1 aromatic rings. The van der Waals surface area contributed by atoms with Crippen LogP contribution in [0.3, 0.4) is 0 Å². The molecule has 5 heteroatoms. The molecule has 0 aliphatic rings. The van der Waals surface area contributed by atoms with Gasteiger partial charge in [-0.15, -0.1) is 0 Å². The number of ether oxygens (including phenoxy) is 2. The molecule has 23 heavy (non-hydrogen) atoms. The number of amides is 1. The van der Waals surface area contributed by atoms with Crippen molar-refractivity contribution in [2.24, 2.45) is 0 Å². The maximum absolute atomic E-state index is 12.1. The van der Waals surface area contributed by atoms with Crippen LogP contribution < -0.4 is 10.1 Å². The van der Waals surface area contributed by atoms with E-state index in [2.05, 4.69) is 5.32 Å². The molecular weight excluding hydrogens is 294 g/mol. The van der Waals surface area contributed by atoms with Gasteiger partial charge in [-0.25, -0.2) is 4.79 Å². The van der Waals surface area contributed by atoms with E-state index in [0.29, 0.717) is 24.3 Å². The van der Waals surface area contributed by atoms with E-state index in [9.17, 15) is 9.59 Å². The number of ketones is 1. The van der Waals surface area contributed by atoms with Crippen molar-refractivity contribution in [3.05, 3.63) is 29.8 Å². The summed E-state index contributed by atoms with van der Waals surface area (Å²) in [5, 5.41) is 2.71. The highest BCUT2D eigenvalue weighted by molar-refractivity contribution is 5.96. The van der Waals surface area contributed by atoms with Gasteiger partial charge in [0.15, 0.2) is 5.78 Å². The Kier molecular flexibility index (Phi) is 7.59. The van der Waals surface area contributed by atoms with Gasteiger partial charge >= 0.3 is 6.09 Å². The third-order valence-corrected chi connectivity index (χ3v) is 3.14. The fraction of sp³-hybridized carbons (Fsp3) is 0.556. The Balaban J connectivity index is 2.17. The quantitative estimate of drug-likeness (QED) is 0.581. The summed E-state index contributed by atoms with van der Waals surface area (Å²) in [6.07, 6.45) is 2.60. The lowest BCUT2D eigenvalue weighted by atomic mass is 10.0. The average molecular weight is 321 g/mol. The first-order valence-corrected chi connectivity index (χ1v) is 7.96. The summed E-state index contributed by atoms with van der Waals surface area (Å²) in [7, 11) is 1.58. The Bertz CT molecular complexity index is 520. The minimum Gasteiger partial charge on any atom is -0.497 e. The molecule has 0 fully saturated rings. The predicted octanol–water partition coefficient (Wildman–Crippen LogP) is 3.96. The molecule has 0 atom stereocenters. The Labute approximate surface area is 138 Å². The van der Waals surface area contributed by atoms with Gasteiger partial charge in [-0.2, -0.15) is 0 Å². The van der Waals surface area contributed by atoms with Gasteiger partial charge in [-0.05, 0) is 45.7 Å². The van der Waals surface area contributed by atoms with E-state index in [1.165, 1.54) is 0 Å². The zero-order chi connectivity index (χ0) is 17.3. The number of carbonyl (C=O) groups excluding carboxylic acids is 2. The maximum Gasteiger partial charge on any atom is 0.407 e. The number of hydrogen-bond donors (Lipinski definition) is 1. The lowest BCUT2D eigenvalue weighted by Gasteiger charge is -2.19. The molecule has 1 aromatic carbocycles. The van der Waals surface area contributed by atoms with Gasteiger partial charge in [0.1, 0.15) is 11.4 Å². The SMILES string of the molecule is COc1cccc(C(=O)CCCCCNC(=O)OC(C)(C)C)c1. The summed E-state index contributed by atoms with van der Waals surface area (Å²) in [5.41, 5.74) is 0.198. The molecule has 5 nitrogen and oxygen atoms in total. The number of nitrogens with one attached hydrogen (secondary N) is 1. The summed E-state index contributed by atoms with van der Waals surface area (Å²) in [6, 6.07) is 7.19. The number of Topliss-reactive ketones (excluding diaryl/α,β-unsaturated/α-hetero) is 1. The van der Waals surface area contributed by atoms with Crippen molar-refractivity contribution in [2.75, 3.05) is 13.7 Å². The summed E-state index contributed by atoms with van der Waals surface area (Å²) in [4.78, 5) is 23.5. The van der Waals surface area contributed by atoms with E-state index in [4.69, 9.17) is 9.47 Å².